The van der Waals surface area contributed by atoms with E-state index in [0.29, 0.717) is 19.3 Å². The van der Waals surface area contributed by atoms with Gasteiger partial charge in [-0.2, -0.15) is 8.42 Å². The van der Waals surface area contributed by atoms with Gasteiger partial charge in [-0.1, -0.05) is 185 Å². The van der Waals surface area contributed by atoms with Crippen molar-refractivity contribution < 1.29 is 26.1 Å². The van der Waals surface area contributed by atoms with Crippen LogP contribution < -0.4 is 0 Å². The largest absolute Gasteiger partial charge is 0.297 e. The summed E-state index contributed by atoms with van der Waals surface area (Å²) in [5.74, 6) is -2.80. The molecule has 0 aliphatic carbocycles. The summed E-state index contributed by atoms with van der Waals surface area (Å²) < 4.78 is 64.7. The second-order valence-electron chi connectivity index (χ2n) is 12.9. The van der Waals surface area contributed by atoms with E-state index in [1.807, 2.05) is 0 Å². The molecule has 0 spiro atoms. The van der Waals surface area contributed by atoms with E-state index < -0.39 is 16.0 Å². The second kappa shape index (κ2) is 30.7. The van der Waals surface area contributed by atoms with E-state index in [-0.39, 0.29) is 18.6 Å². The lowest BCUT2D eigenvalue weighted by Crippen LogP contribution is -2.15. The van der Waals surface area contributed by atoms with Crippen LogP contribution in [0.2, 0.25) is 0 Å². The minimum absolute atomic E-state index is 0.0112. The van der Waals surface area contributed by atoms with Gasteiger partial charge in [0, 0.05) is 12.8 Å². The Morgan fingerprint density at radius 2 is 0.667 bits per heavy atom. The third kappa shape index (κ3) is 32.6. The first kappa shape index (κ1) is 41.7. The molecule has 0 saturated heterocycles. The monoisotopic (exact) mass is 626 g/mol. The highest BCUT2D eigenvalue weighted by Gasteiger charge is 2.26. The fourth-order valence-corrected chi connectivity index (χ4v) is 6.49. The first-order valence-corrected chi connectivity index (χ1v) is 19.8. The SMILES string of the molecule is CCCCCCCCCCCCCCCCCCCCCCCC(F)(F)CCCCCCCCCCCS(=O)(=O)OF. The summed E-state index contributed by atoms with van der Waals surface area (Å²) in [5.41, 5.74) is 0. The molecule has 0 unspecified atom stereocenters. The van der Waals surface area contributed by atoms with Crippen LogP contribution in [0.4, 0.5) is 13.3 Å². The van der Waals surface area contributed by atoms with Crippen LogP contribution in [0.25, 0.3) is 0 Å². The van der Waals surface area contributed by atoms with E-state index in [0.717, 1.165) is 57.8 Å². The highest BCUT2D eigenvalue weighted by Crippen LogP contribution is 2.28. The van der Waals surface area contributed by atoms with Crippen molar-refractivity contribution in [2.45, 2.75) is 218 Å². The maximum atomic E-state index is 14.1. The average Bonchev–Trinajstić information content (AvgIpc) is 2.96. The number of halogens is 3. The Labute approximate surface area is 259 Å². The van der Waals surface area contributed by atoms with Crippen LogP contribution in [0, 0.1) is 0 Å². The maximum absolute atomic E-state index is 14.1. The quantitative estimate of drug-likeness (QED) is 0.0657. The molecule has 0 amide bonds. The topological polar surface area (TPSA) is 43.4 Å². The molecule has 0 heterocycles. The van der Waals surface area contributed by atoms with Gasteiger partial charge in [-0.25, -0.2) is 8.78 Å². The third-order valence-corrected chi connectivity index (χ3v) is 9.66. The average molecular weight is 627 g/mol. The summed E-state index contributed by atoms with van der Waals surface area (Å²) in [4.78, 5) is 0. The van der Waals surface area contributed by atoms with Crippen molar-refractivity contribution in [3.63, 3.8) is 0 Å². The maximum Gasteiger partial charge on any atom is 0.297 e. The molecule has 0 aromatic carbocycles. The zero-order chi connectivity index (χ0) is 31.0. The summed E-state index contributed by atoms with van der Waals surface area (Å²) in [7, 11) is -3.99. The summed E-state index contributed by atoms with van der Waals surface area (Å²) in [6.45, 7) is 2.28. The molecule has 0 aliphatic heterocycles. The number of hydrogen-bond acceptors (Lipinski definition) is 3. The van der Waals surface area contributed by atoms with Gasteiger partial charge >= 0.3 is 0 Å². The molecule has 0 rings (SSSR count). The van der Waals surface area contributed by atoms with Crippen molar-refractivity contribution >= 4 is 10.1 Å². The molecular formula is C35H69F3O3S. The molecule has 0 bridgehead atoms. The molecule has 42 heavy (non-hydrogen) atoms. The first-order valence-electron chi connectivity index (χ1n) is 18.2. The van der Waals surface area contributed by atoms with E-state index in [9.17, 15) is 21.7 Å². The van der Waals surface area contributed by atoms with Gasteiger partial charge in [0.25, 0.3) is 10.1 Å². The molecular weight excluding hydrogens is 557 g/mol. The summed E-state index contributed by atoms with van der Waals surface area (Å²) in [6.07, 6.45) is 35.0. The number of alkyl halides is 2. The molecule has 7 heteroatoms. The lowest BCUT2D eigenvalue weighted by molar-refractivity contribution is -0.0206. The van der Waals surface area contributed by atoms with Crippen LogP contribution in [0.3, 0.4) is 0 Å². The predicted octanol–water partition coefficient (Wildman–Crippen LogP) is 13.4. The molecule has 0 aromatic rings. The molecule has 0 radical (unpaired) electrons. The van der Waals surface area contributed by atoms with Gasteiger partial charge in [0.15, 0.2) is 0 Å². The molecule has 0 aliphatic rings. The molecule has 3 nitrogen and oxygen atoms in total. The Hall–Kier alpha value is -0.300. The van der Waals surface area contributed by atoms with E-state index in [4.69, 9.17) is 0 Å². The zero-order valence-corrected chi connectivity index (χ0v) is 28.4. The third-order valence-electron chi connectivity index (χ3n) is 8.68. The molecule has 0 N–H and O–H groups in total. The lowest BCUT2D eigenvalue weighted by Gasteiger charge is -2.16. The van der Waals surface area contributed by atoms with Crippen molar-refractivity contribution in [1.82, 2.24) is 0 Å². The predicted molar refractivity (Wildman–Crippen MR) is 174 cm³/mol. The fourth-order valence-electron chi connectivity index (χ4n) is 5.87. The van der Waals surface area contributed by atoms with Gasteiger partial charge in [0.2, 0.25) is 5.92 Å². The Kier molecular flexibility index (Phi) is 30.5. The highest BCUT2D eigenvalue weighted by molar-refractivity contribution is 7.86. The Bertz CT molecular complexity index is 643. The van der Waals surface area contributed by atoms with Crippen LogP contribution in [-0.2, 0) is 14.5 Å². The molecule has 0 atom stereocenters. The van der Waals surface area contributed by atoms with Crippen molar-refractivity contribution in [2.75, 3.05) is 5.75 Å². The standard InChI is InChI=1S/C35H69F3O3S/c1-2-3-4-5-6-7-8-9-10-11-12-13-14-15-16-17-18-20-23-26-29-32-35(36,37)33-30-27-24-21-19-22-25-28-31-34-42(39,40)41-38/h2-34H2,1H3. The van der Waals surface area contributed by atoms with Crippen LogP contribution in [0.1, 0.15) is 212 Å². The van der Waals surface area contributed by atoms with Crippen molar-refractivity contribution in [2.24, 2.45) is 0 Å². The van der Waals surface area contributed by atoms with Gasteiger partial charge in [-0.05, 0) is 23.8 Å². The smallest absolute Gasteiger partial charge is 0.207 e. The molecule has 0 saturated carbocycles. The van der Waals surface area contributed by atoms with E-state index in [1.165, 1.54) is 116 Å². The summed E-state index contributed by atoms with van der Waals surface area (Å²) >= 11 is 0. The lowest BCUT2D eigenvalue weighted by atomic mass is 10.0. The van der Waals surface area contributed by atoms with Crippen molar-refractivity contribution in [3.05, 3.63) is 0 Å². The first-order chi connectivity index (χ1) is 20.3. The van der Waals surface area contributed by atoms with Gasteiger partial charge < -0.3 is 0 Å². The van der Waals surface area contributed by atoms with Crippen LogP contribution in [0.5, 0.6) is 0 Å². The Morgan fingerprint density at radius 3 is 0.929 bits per heavy atom. The number of rotatable bonds is 35. The Morgan fingerprint density at radius 1 is 0.429 bits per heavy atom. The number of unbranched alkanes of at least 4 members (excludes halogenated alkanes) is 28. The normalized spacial score (nSPS) is 12.4. The van der Waals surface area contributed by atoms with Crippen LogP contribution in [-0.4, -0.2) is 20.1 Å². The fraction of sp³-hybridized carbons (Fsp3) is 1.00. The summed E-state index contributed by atoms with van der Waals surface area (Å²) in [6, 6.07) is 0. The van der Waals surface area contributed by atoms with Crippen molar-refractivity contribution in [1.29, 1.82) is 0 Å². The van der Waals surface area contributed by atoms with E-state index in [1.54, 1.807) is 0 Å². The molecule has 0 fully saturated rings. The highest BCUT2D eigenvalue weighted by atomic mass is 32.2. The molecule has 254 valence electrons. The minimum Gasteiger partial charge on any atom is -0.207 e. The van der Waals surface area contributed by atoms with Gasteiger partial charge in [0.1, 0.15) is 0 Å². The second-order valence-corrected chi connectivity index (χ2v) is 14.6. The zero-order valence-electron chi connectivity index (χ0n) is 27.6. The van der Waals surface area contributed by atoms with E-state index in [2.05, 4.69) is 11.3 Å². The molecule has 0 aromatic heterocycles. The Balaban J connectivity index is 3.30. The van der Waals surface area contributed by atoms with Gasteiger partial charge in [-0.15, -0.1) is 0 Å². The van der Waals surface area contributed by atoms with Crippen LogP contribution in [0.15, 0.2) is 0 Å². The summed E-state index contributed by atoms with van der Waals surface area (Å²) in [5, 5.41) is 0. The number of hydrogen-bond donors (Lipinski definition) is 0. The van der Waals surface area contributed by atoms with E-state index >= 15 is 0 Å². The van der Waals surface area contributed by atoms with Crippen LogP contribution >= 0.6 is 0 Å². The van der Waals surface area contributed by atoms with Crippen molar-refractivity contribution in [3.8, 4) is 0 Å². The van der Waals surface area contributed by atoms with Gasteiger partial charge in [0.05, 0.1) is 5.75 Å². The van der Waals surface area contributed by atoms with Gasteiger partial charge in [-0.3, -0.25) is 0 Å². The minimum atomic E-state index is -3.99.